The van der Waals surface area contributed by atoms with Gasteiger partial charge in [-0.15, -0.1) is 11.8 Å². The summed E-state index contributed by atoms with van der Waals surface area (Å²) in [6.45, 7) is 2.02. The monoisotopic (exact) mass is 352 g/mol. The molecule has 0 fully saturated rings. The van der Waals surface area contributed by atoms with E-state index in [0.29, 0.717) is 15.8 Å². The second-order valence-corrected chi connectivity index (χ2v) is 6.44. The molecule has 0 aliphatic heterocycles. The molecular formula is C16H14BrFOS. The first-order valence-corrected chi connectivity index (χ1v) is 7.98. The summed E-state index contributed by atoms with van der Waals surface area (Å²) in [5.41, 5.74) is 1.60. The van der Waals surface area contributed by atoms with Crippen molar-refractivity contribution in [3.05, 3.63) is 63.9 Å². The van der Waals surface area contributed by atoms with Gasteiger partial charge in [0.25, 0.3) is 0 Å². The fourth-order valence-electron chi connectivity index (χ4n) is 1.81. The van der Waals surface area contributed by atoms with E-state index in [9.17, 15) is 9.18 Å². The third kappa shape index (κ3) is 4.18. The minimum absolute atomic E-state index is 0.0273. The minimum atomic E-state index is -0.339. The molecule has 2 aromatic rings. The average molecular weight is 353 g/mol. The number of aryl methyl sites for hydroxylation is 1. The van der Waals surface area contributed by atoms with Crippen molar-refractivity contribution in [2.75, 3.05) is 5.75 Å². The number of hydrogen-bond acceptors (Lipinski definition) is 2. The van der Waals surface area contributed by atoms with Crippen molar-refractivity contribution in [3.8, 4) is 0 Å². The fraction of sp³-hybridized carbons (Fsp3) is 0.188. The van der Waals surface area contributed by atoms with Crippen LogP contribution >= 0.6 is 27.7 Å². The smallest absolute Gasteiger partial charge is 0.147 e. The van der Waals surface area contributed by atoms with E-state index in [-0.39, 0.29) is 18.0 Å². The van der Waals surface area contributed by atoms with Gasteiger partial charge in [-0.2, -0.15) is 0 Å². The summed E-state index contributed by atoms with van der Waals surface area (Å²) in [5.74, 6) is 0.0495. The van der Waals surface area contributed by atoms with Gasteiger partial charge in [-0.1, -0.05) is 40.2 Å². The SMILES string of the molecule is Cc1ccccc1SCC(=O)Cc1ccc(Br)cc1F. The van der Waals surface area contributed by atoms with Gasteiger partial charge in [-0.05, 0) is 36.2 Å². The number of carbonyl (C=O) groups is 1. The zero-order valence-electron chi connectivity index (χ0n) is 11.0. The van der Waals surface area contributed by atoms with Crippen LogP contribution in [0.25, 0.3) is 0 Å². The Kier molecular flexibility index (Phi) is 5.38. The molecule has 2 aromatic carbocycles. The van der Waals surface area contributed by atoms with Gasteiger partial charge in [0.2, 0.25) is 0 Å². The van der Waals surface area contributed by atoms with E-state index >= 15 is 0 Å². The van der Waals surface area contributed by atoms with Crippen molar-refractivity contribution >= 4 is 33.5 Å². The van der Waals surface area contributed by atoms with E-state index < -0.39 is 0 Å². The molecular weight excluding hydrogens is 339 g/mol. The van der Waals surface area contributed by atoms with Gasteiger partial charge in [-0.25, -0.2) is 4.39 Å². The van der Waals surface area contributed by atoms with Crippen molar-refractivity contribution in [2.24, 2.45) is 0 Å². The van der Waals surface area contributed by atoms with E-state index in [1.165, 1.54) is 17.8 Å². The molecule has 0 aliphatic carbocycles. The third-order valence-electron chi connectivity index (χ3n) is 2.88. The first-order chi connectivity index (χ1) is 9.56. The number of ketones is 1. The summed E-state index contributed by atoms with van der Waals surface area (Å²) in [6, 6.07) is 12.7. The Morgan fingerprint density at radius 2 is 2.00 bits per heavy atom. The minimum Gasteiger partial charge on any atom is -0.298 e. The number of rotatable bonds is 5. The maximum Gasteiger partial charge on any atom is 0.147 e. The number of benzene rings is 2. The molecule has 20 heavy (non-hydrogen) atoms. The average Bonchev–Trinajstić information content (AvgIpc) is 2.41. The predicted molar refractivity (Wildman–Crippen MR) is 84.7 cm³/mol. The van der Waals surface area contributed by atoms with Gasteiger partial charge >= 0.3 is 0 Å². The molecule has 104 valence electrons. The number of hydrogen-bond donors (Lipinski definition) is 0. The highest BCUT2D eigenvalue weighted by Gasteiger charge is 2.10. The quantitative estimate of drug-likeness (QED) is 0.719. The molecule has 0 radical (unpaired) electrons. The first kappa shape index (κ1) is 15.3. The van der Waals surface area contributed by atoms with Crippen molar-refractivity contribution in [2.45, 2.75) is 18.2 Å². The molecule has 0 saturated carbocycles. The highest BCUT2D eigenvalue weighted by atomic mass is 79.9. The molecule has 0 aliphatic rings. The van der Waals surface area contributed by atoms with Crippen molar-refractivity contribution in [1.29, 1.82) is 0 Å². The Labute approximate surface area is 130 Å². The molecule has 0 spiro atoms. The first-order valence-electron chi connectivity index (χ1n) is 6.20. The highest BCUT2D eigenvalue weighted by molar-refractivity contribution is 9.10. The van der Waals surface area contributed by atoms with Crippen molar-refractivity contribution in [1.82, 2.24) is 0 Å². The largest absolute Gasteiger partial charge is 0.298 e. The normalized spacial score (nSPS) is 10.6. The Morgan fingerprint density at radius 1 is 1.25 bits per heavy atom. The van der Waals surface area contributed by atoms with E-state index in [1.807, 2.05) is 31.2 Å². The number of thioether (sulfide) groups is 1. The third-order valence-corrected chi connectivity index (χ3v) is 4.61. The fourth-order valence-corrected chi connectivity index (χ4v) is 3.03. The summed E-state index contributed by atoms with van der Waals surface area (Å²) < 4.78 is 14.3. The predicted octanol–water partition coefficient (Wildman–Crippen LogP) is 4.80. The van der Waals surface area contributed by atoms with Crippen LogP contribution in [-0.4, -0.2) is 11.5 Å². The molecule has 4 heteroatoms. The maximum atomic E-state index is 13.6. The molecule has 0 bridgehead atoms. The second kappa shape index (κ2) is 7.04. The zero-order chi connectivity index (χ0) is 14.5. The Hall–Kier alpha value is -1.13. The standard InChI is InChI=1S/C16H14BrFOS/c1-11-4-2-3-5-16(11)20-10-14(19)8-12-6-7-13(17)9-15(12)18/h2-7,9H,8,10H2,1H3. The van der Waals surface area contributed by atoms with Gasteiger partial charge in [0, 0.05) is 15.8 Å². The summed E-state index contributed by atoms with van der Waals surface area (Å²) in [4.78, 5) is 13.0. The second-order valence-electron chi connectivity index (χ2n) is 4.51. The molecule has 0 atom stereocenters. The summed E-state index contributed by atoms with van der Waals surface area (Å²) in [6.07, 6.45) is 0.137. The number of Topliss-reactive ketones (excluding diaryl/α,β-unsaturated/α-hetero) is 1. The van der Waals surface area contributed by atoms with E-state index in [1.54, 1.807) is 12.1 Å². The highest BCUT2D eigenvalue weighted by Crippen LogP contribution is 2.22. The van der Waals surface area contributed by atoms with Crippen LogP contribution in [0.5, 0.6) is 0 Å². The molecule has 0 unspecified atom stereocenters. The van der Waals surface area contributed by atoms with Gasteiger partial charge < -0.3 is 0 Å². The van der Waals surface area contributed by atoms with Gasteiger partial charge in [-0.3, -0.25) is 4.79 Å². The van der Waals surface area contributed by atoms with Gasteiger partial charge in [0.1, 0.15) is 11.6 Å². The lowest BCUT2D eigenvalue weighted by molar-refractivity contribution is -0.116. The van der Waals surface area contributed by atoms with Crippen LogP contribution in [0.3, 0.4) is 0 Å². The zero-order valence-corrected chi connectivity index (χ0v) is 13.4. The van der Waals surface area contributed by atoms with Crippen LogP contribution in [0, 0.1) is 12.7 Å². The molecule has 1 nitrogen and oxygen atoms in total. The van der Waals surface area contributed by atoms with E-state index in [2.05, 4.69) is 15.9 Å². The van der Waals surface area contributed by atoms with Gasteiger partial charge in [0.05, 0.1) is 5.75 Å². The molecule has 0 saturated heterocycles. The molecule has 0 amide bonds. The molecule has 0 N–H and O–H groups in total. The van der Waals surface area contributed by atoms with E-state index in [4.69, 9.17) is 0 Å². The number of carbonyl (C=O) groups excluding carboxylic acids is 1. The Morgan fingerprint density at radius 3 is 2.70 bits per heavy atom. The molecule has 0 aromatic heterocycles. The maximum absolute atomic E-state index is 13.6. The molecule has 2 rings (SSSR count). The summed E-state index contributed by atoms with van der Waals surface area (Å²) in [7, 11) is 0. The van der Waals surface area contributed by atoms with Crippen molar-refractivity contribution < 1.29 is 9.18 Å². The van der Waals surface area contributed by atoms with E-state index in [0.717, 1.165) is 10.5 Å². The van der Waals surface area contributed by atoms with Crippen LogP contribution in [0.1, 0.15) is 11.1 Å². The number of halogens is 2. The Bertz CT molecular complexity index is 628. The van der Waals surface area contributed by atoms with Crippen molar-refractivity contribution in [3.63, 3.8) is 0 Å². The summed E-state index contributed by atoms with van der Waals surface area (Å²) >= 11 is 4.70. The van der Waals surface area contributed by atoms with Crippen LogP contribution in [0.2, 0.25) is 0 Å². The topological polar surface area (TPSA) is 17.1 Å². The van der Waals surface area contributed by atoms with Crippen LogP contribution in [-0.2, 0) is 11.2 Å². The van der Waals surface area contributed by atoms with Crippen LogP contribution < -0.4 is 0 Å². The lowest BCUT2D eigenvalue weighted by Gasteiger charge is -2.06. The summed E-state index contributed by atoms with van der Waals surface area (Å²) in [5, 5.41) is 0. The molecule has 0 heterocycles. The van der Waals surface area contributed by atoms with Crippen LogP contribution in [0.15, 0.2) is 51.8 Å². The van der Waals surface area contributed by atoms with Gasteiger partial charge in [0.15, 0.2) is 0 Å². The lowest BCUT2D eigenvalue weighted by atomic mass is 10.1. The van der Waals surface area contributed by atoms with Crippen LogP contribution in [0.4, 0.5) is 4.39 Å². The lowest BCUT2D eigenvalue weighted by Crippen LogP contribution is -2.07. The Balaban J connectivity index is 1.94.